The Morgan fingerprint density at radius 2 is 0.853 bits per heavy atom. The maximum absolute atomic E-state index is 13.3. The summed E-state index contributed by atoms with van der Waals surface area (Å²) in [5, 5.41) is 42.7. The van der Waals surface area contributed by atoms with Crippen LogP contribution >= 0.6 is 0 Å². The predicted molar refractivity (Wildman–Crippen MR) is 119 cm³/mol. The van der Waals surface area contributed by atoms with Crippen molar-refractivity contribution in [1.29, 1.82) is 0 Å². The highest BCUT2D eigenvalue weighted by molar-refractivity contribution is 6.32. The quantitative estimate of drug-likeness (QED) is 0.282. The van der Waals surface area contributed by atoms with E-state index in [-0.39, 0.29) is 11.5 Å². The van der Waals surface area contributed by atoms with Gasteiger partial charge in [-0.05, 0) is 24.3 Å². The Morgan fingerprint density at radius 1 is 0.500 bits per heavy atom. The van der Waals surface area contributed by atoms with Crippen molar-refractivity contribution in [2.24, 2.45) is 0 Å². The lowest BCUT2D eigenvalue weighted by Gasteiger charge is -2.23. The number of benzene rings is 4. The van der Waals surface area contributed by atoms with Gasteiger partial charge in [0.25, 0.3) is 0 Å². The predicted octanol–water partition coefficient (Wildman–Crippen LogP) is 4.87. The van der Waals surface area contributed by atoms with E-state index in [9.17, 15) is 30.0 Å². The monoisotopic (exact) mass is 456 g/mol. The first-order valence-corrected chi connectivity index (χ1v) is 10.1. The van der Waals surface area contributed by atoms with Crippen molar-refractivity contribution >= 4 is 11.6 Å². The number of para-hydroxylation sites is 2. The van der Waals surface area contributed by atoms with Gasteiger partial charge in [0.1, 0.15) is 23.0 Å². The molecule has 0 aliphatic heterocycles. The van der Waals surface area contributed by atoms with Crippen molar-refractivity contribution in [2.45, 2.75) is 0 Å². The van der Waals surface area contributed by atoms with Crippen LogP contribution in [0.3, 0.4) is 0 Å². The summed E-state index contributed by atoms with van der Waals surface area (Å²) < 4.78 is 11.1. The lowest BCUT2D eigenvalue weighted by atomic mass is 9.81. The Hall–Kier alpha value is -4.98. The van der Waals surface area contributed by atoms with Crippen LogP contribution < -0.4 is 9.47 Å². The van der Waals surface area contributed by atoms with Crippen molar-refractivity contribution < 1.29 is 39.5 Å². The summed E-state index contributed by atoms with van der Waals surface area (Å²) >= 11 is 0. The average molecular weight is 456 g/mol. The number of phenols is 4. The van der Waals surface area contributed by atoms with Crippen LogP contribution in [0, 0.1) is 0 Å². The zero-order chi connectivity index (χ0) is 24.0. The van der Waals surface area contributed by atoms with Crippen LogP contribution in [0.5, 0.6) is 46.0 Å². The minimum atomic E-state index is -0.977. The molecule has 8 heteroatoms. The SMILES string of the molecule is O=C1c2c(O)cc(Oc3ccccc3)c(O)c2C(=O)c2c(O)cc(Oc3ccccc3)c(O)c21. The third kappa shape index (κ3) is 3.25. The molecule has 0 bridgehead atoms. The molecule has 8 nitrogen and oxygen atoms in total. The fourth-order valence-corrected chi connectivity index (χ4v) is 3.81. The van der Waals surface area contributed by atoms with Gasteiger partial charge in [0, 0.05) is 12.1 Å². The second-order valence-corrected chi connectivity index (χ2v) is 7.47. The van der Waals surface area contributed by atoms with E-state index in [0.29, 0.717) is 11.5 Å². The van der Waals surface area contributed by atoms with Crippen molar-refractivity contribution in [3.63, 3.8) is 0 Å². The summed E-state index contributed by atoms with van der Waals surface area (Å²) in [7, 11) is 0. The number of aromatic hydroxyl groups is 4. The van der Waals surface area contributed by atoms with Crippen LogP contribution in [0.4, 0.5) is 0 Å². The van der Waals surface area contributed by atoms with Gasteiger partial charge in [0.15, 0.2) is 23.0 Å². The molecule has 0 radical (unpaired) electrons. The van der Waals surface area contributed by atoms with Gasteiger partial charge in [-0.15, -0.1) is 0 Å². The zero-order valence-corrected chi connectivity index (χ0v) is 17.4. The molecule has 0 aromatic heterocycles. The van der Waals surface area contributed by atoms with Gasteiger partial charge in [0.2, 0.25) is 11.6 Å². The molecule has 1 aliphatic rings. The van der Waals surface area contributed by atoms with Gasteiger partial charge in [-0.2, -0.15) is 0 Å². The fourth-order valence-electron chi connectivity index (χ4n) is 3.81. The number of carbonyl (C=O) groups excluding carboxylic acids is 2. The molecule has 0 atom stereocenters. The highest BCUT2D eigenvalue weighted by Crippen LogP contribution is 2.50. The van der Waals surface area contributed by atoms with E-state index in [1.165, 1.54) is 0 Å². The Balaban J connectivity index is 1.64. The molecule has 0 amide bonds. The maximum Gasteiger partial charge on any atom is 0.202 e. The van der Waals surface area contributed by atoms with Crippen LogP contribution in [0.25, 0.3) is 0 Å². The first-order valence-electron chi connectivity index (χ1n) is 10.1. The molecule has 0 saturated carbocycles. The highest BCUT2D eigenvalue weighted by atomic mass is 16.5. The molecule has 1 aliphatic carbocycles. The van der Waals surface area contributed by atoms with Crippen LogP contribution in [0.15, 0.2) is 72.8 Å². The molecule has 4 N–H and O–H groups in total. The third-order valence-electron chi connectivity index (χ3n) is 5.34. The summed E-state index contributed by atoms with van der Waals surface area (Å²) in [4.78, 5) is 26.6. The normalized spacial score (nSPS) is 12.1. The molecule has 0 heterocycles. The van der Waals surface area contributed by atoms with E-state index in [1.54, 1.807) is 60.7 Å². The molecule has 0 unspecified atom stereocenters. The number of carbonyl (C=O) groups is 2. The Bertz CT molecular complexity index is 1350. The summed E-state index contributed by atoms with van der Waals surface area (Å²) in [6.45, 7) is 0. The number of phenolic OH excluding ortho intramolecular Hbond substituents is 4. The Morgan fingerprint density at radius 3 is 1.21 bits per heavy atom. The zero-order valence-electron chi connectivity index (χ0n) is 17.4. The van der Waals surface area contributed by atoms with Crippen molar-refractivity contribution in [2.75, 3.05) is 0 Å². The highest BCUT2D eigenvalue weighted by Gasteiger charge is 2.41. The van der Waals surface area contributed by atoms with Gasteiger partial charge in [-0.3, -0.25) is 9.59 Å². The molecule has 4 aromatic carbocycles. The van der Waals surface area contributed by atoms with Crippen LogP contribution in [0.2, 0.25) is 0 Å². The second-order valence-electron chi connectivity index (χ2n) is 7.47. The first-order chi connectivity index (χ1) is 16.4. The fraction of sp³-hybridized carbons (Fsp3) is 0. The van der Waals surface area contributed by atoms with Crippen LogP contribution in [-0.4, -0.2) is 32.0 Å². The number of hydrogen-bond donors (Lipinski definition) is 4. The van der Waals surface area contributed by atoms with E-state index >= 15 is 0 Å². The largest absolute Gasteiger partial charge is 0.507 e. The van der Waals surface area contributed by atoms with E-state index in [2.05, 4.69) is 0 Å². The Kier molecular flexibility index (Phi) is 4.83. The summed E-state index contributed by atoms with van der Waals surface area (Å²) in [5.41, 5.74) is -2.14. The lowest BCUT2D eigenvalue weighted by Crippen LogP contribution is -2.22. The van der Waals surface area contributed by atoms with E-state index in [1.807, 2.05) is 0 Å². The number of hydrogen-bond acceptors (Lipinski definition) is 8. The maximum atomic E-state index is 13.3. The van der Waals surface area contributed by atoms with Gasteiger partial charge in [-0.25, -0.2) is 0 Å². The molecule has 4 aromatic rings. The lowest BCUT2D eigenvalue weighted by molar-refractivity contribution is 0.0968. The molecular weight excluding hydrogens is 440 g/mol. The molecule has 0 saturated heterocycles. The minimum absolute atomic E-state index is 0.264. The van der Waals surface area contributed by atoms with Gasteiger partial charge in [0.05, 0.1) is 22.3 Å². The van der Waals surface area contributed by atoms with Gasteiger partial charge in [-0.1, -0.05) is 36.4 Å². The minimum Gasteiger partial charge on any atom is -0.507 e. The van der Waals surface area contributed by atoms with E-state index in [0.717, 1.165) is 12.1 Å². The average Bonchev–Trinajstić information content (AvgIpc) is 2.83. The van der Waals surface area contributed by atoms with Crippen molar-refractivity contribution in [3.8, 4) is 46.0 Å². The molecule has 0 spiro atoms. The smallest absolute Gasteiger partial charge is 0.202 e. The van der Waals surface area contributed by atoms with Crippen LogP contribution in [0.1, 0.15) is 31.8 Å². The molecule has 0 fully saturated rings. The van der Waals surface area contributed by atoms with Gasteiger partial charge >= 0.3 is 0 Å². The van der Waals surface area contributed by atoms with Crippen molar-refractivity contribution in [1.82, 2.24) is 0 Å². The van der Waals surface area contributed by atoms with Gasteiger partial charge < -0.3 is 29.9 Å². The van der Waals surface area contributed by atoms with Crippen molar-refractivity contribution in [3.05, 3.63) is 95.1 Å². The standard InChI is InChI=1S/C26H16O8/c27-15-11-17(33-13-7-3-1-4-8-13)23(29)21-19(15)26(32)22-20(25(21)31)16(28)12-18(24(22)30)34-14-9-5-2-6-10-14/h1-12,27-30H. The summed E-state index contributed by atoms with van der Waals surface area (Å²) in [5.74, 6) is -4.52. The first kappa shape index (κ1) is 20.9. The topological polar surface area (TPSA) is 134 Å². The van der Waals surface area contributed by atoms with E-state index < -0.39 is 56.8 Å². The Labute approximate surface area is 192 Å². The van der Waals surface area contributed by atoms with Crippen LogP contribution in [-0.2, 0) is 0 Å². The number of fused-ring (bicyclic) bond motifs is 2. The summed E-state index contributed by atoms with van der Waals surface area (Å²) in [6.07, 6.45) is 0. The third-order valence-corrected chi connectivity index (χ3v) is 5.34. The molecule has 168 valence electrons. The number of ketones is 2. The van der Waals surface area contributed by atoms with E-state index in [4.69, 9.17) is 9.47 Å². The molecule has 34 heavy (non-hydrogen) atoms. The second kappa shape index (κ2) is 7.86. The molecule has 5 rings (SSSR count). The number of ether oxygens (including phenoxy) is 2. The molecular formula is C26H16O8. The summed E-state index contributed by atoms with van der Waals surface area (Å²) in [6, 6.07) is 18.6. The number of rotatable bonds is 4.